The lowest BCUT2D eigenvalue weighted by Crippen LogP contribution is -2.41. The molecule has 0 radical (unpaired) electrons. The number of hydrogen-bond acceptors (Lipinski definition) is 3. The molecular weight excluding hydrogens is 288 g/mol. The van der Waals surface area contributed by atoms with Crippen LogP contribution >= 0.6 is 0 Å². The Balaban J connectivity index is 1.68. The SMILES string of the molecule is COc1ccc(C)cc1CC(=O)N[C@@H]1Cc2ccccc2[C@H]1N. The largest absolute Gasteiger partial charge is 0.496 e. The minimum absolute atomic E-state index is 0.0258. The molecule has 4 heteroatoms. The van der Waals surface area contributed by atoms with Crippen molar-refractivity contribution in [2.24, 2.45) is 5.73 Å². The summed E-state index contributed by atoms with van der Waals surface area (Å²) in [6.45, 7) is 2.00. The van der Waals surface area contributed by atoms with Gasteiger partial charge in [-0.05, 0) is 30.5 Å². The van der Waals surface area contributed by atoms with E-state index in [0.717, 1.165) is 28.9 Å². The fourth-order valence-electron chi connectivity index (χ4n) is 3.24. The van der Waals surface area contributed by atoms with Crippen molar-refractivity contribution in [3.8, 4) is 5.75 Å². The Morgan fingerprint density at radius 3 is 2.83 bits per heavy atom. The number of fused-ring (bicyclic) bond motifs is 1. The van der Waals surface area contributed by atoms with E-state index in [9.17, 15) is 4.79 Å². The number of nitrogens with one attached hydrogen (secondary N) is 1. The molecule has 120 valence electrons. The van der Waals surface area contributed by atoms with Gasteiger partial charge in [-0.3, -0.25) is 4.79 Å². The van der Waals surface area contributed by atoms with Crippen molar-refractivity contribution in [2.45, 2.75) is 31.8 Å². The maximum Gasteiger partial charge on any atom is 0.224 e. The quantitative estimate of drug-likeness (QED) is 0.910. The van der Waals surface area contributed by atoms with Crippen molar-refractivity contribution in [2.75, 3.05) is 7.11 Å². The van der Waals surface area contributed by atoms with Crippen molar-refractivity contribution in [3.63, 3.8) is 0 Å². The smallest absolute Gasteiger partial charge is 0.224 e. The van der Waals surface area contributed by atoms with E-state index in [1.807, 2.05) is 43.3 Å². The van der Waals surface area contributed by atoms with Crippen molar-refractivity contribution in [1.82, 2.24) is 5.32 Å². The van der Waals surface area contributed by atoms with Crippen molar-refractivity contribution in [3.05, 3.63) is 64.7 Å². The molecule has 3 N–H and O–H groups in total. The lowest BCUT2D eigenvalue weighted by Gasteiger charge is -2.18. The number of aryl methyl sites for hydroxylation is 1. The molecule has 0 fully saturated rings. The maximum absolute atomic E-state index is 12.4. The molecule has 1 aliphatic carbocycles. The molecule has 2 atom stereocenters. The van der Waals surface area contributed by atoms with Crippen molar-refractivity contribution in [1.29, 1.82) is 0 Å². The standard InChI is InChI=1S/C19H22N2O2/c1-12-7-8-17(23-2)14(9-12)11-18(22)21-16-10-13-5-3-4-6-15(13)19(16)20/h3-9,16,19H,10-11,20H2,1-2H3,(H,21,22)/t16-,19-/m1/s1. The maximum atomic E-state index is 12.4. The van der Waals surface area contributed by atoms with Crippen LogP contribution in [0.5, 0.6) is 5.75 Å². The number of hydrogen-bond donors (Lipinski definition) is 2. The van der Waals surface area contributed by atoms with Gasteiger partial charge in [0.2, 0.25) is 5.91 Å². The van der Waals surface area contributed by atoms with Crippen LogP contribution in [0, 0.1) is 6.92 Å². The van der Waals surface area contributed by atoms with Crippen molar-refractivity contribution < 1.29 is 9.53 Å². The molecule has 1 aliphatic rings. The normalized spacial score (nSPS) is 19.3. The minimum Gasteiger partial charge on any atom is -0.496 e. The fourth-order valence-corrected chi connectivity index (χ4v) is 3.24. The average Bonchev–Trinajstić information content (AvgIpc) is 2.84. The van der Waals surface area contributed by atoms with Gasteiger partial charge in [0, 0.05) is 5.56 Å². The molecule has 0 saturated carbocycles. The van der Waals surface area contributed by atoms with Crippen LogP contribution in [0.15, 0.2) is 42.5 Å². The summed E-state index contributed by atoms with van der Waals surface area (Å²) in [5.74, 6) is 0.715. The van der Waals surface area contributed by atoms with Crippen LogP contribution in [-0.2, 0) is 17.6 Å². The second-order valence-corrected chi connectivity index (χ2v) is 6.09. The zero-order valence-electron chi connectivity index (χ0n) is 13.5. The van der Waals surface area contributed by atoms with Crippen molar-refractivity contribution >= 4 is 5.91 Å². The fraction of sp³-hybridized carbons (Fsp3) is 0.316. The van der Waals surface area contributed by atoms with E-state index in [2.05, 4.69) is 11.4 Å². The van der Waals surface area contributed by atoms with E-state index >= 15 is 0 Å². The summed E-state index contributed by atoms with van der Waals surface area (Å²) in [6.07, 6.45) is 1.08. The number of carbonyl (C=O) groups excluding carboxylic acids is 1. The summed E-state index contributed by atoms with van der Waals surface area (Å²) >= 11 is 0. The van der Waals surface area contributed by atoms with E-state index in [-0.39, 0.29) is 18.0 Å². The van der Waals surface area contributed by atoms with Crippen LogP contribution in [0.3, 0.4) is 0 Å². The molecule has 3 rings (SSSR count). The summed E-state index contributed by atoms with van der Waals surface area (Å²) in [5.41, 5.74) is 10.6. The summed E-state index contributed by atoms with van der Waals surface area (Å²) in [5, 5.41) is 3.08. The third-order valence-electron chi connectivity index (χ3n) is 4.42. The highest BCUT2D eigenvalue weighted by atomic mass is 16.5. The molecule has 23 heavy (non-hydrogen) atoms. The van der Waals surface area contributed by atoms with Crippen LogP contribution in [0.25, 0.3) is 0 Å². The highest BCUT2D eigenvalue weighted by molar-refractivity contribution is 5.80. The number of amides is 1. The molecule has 1 amide bonds. The Hall–Kier alpha value is -2.33. The van der Waals surface area contributed by atoms with Gasteiger partial charge < -0.3 is 15.8 Å². The van der Waals surface area contributed by atoms with E-state index in [0.29, 0.717) is 6.42 Å². The molecule has 0 saturated heterocycles. The van der Waals surface area contributed by atoms with Crippen LogP contribution < -0.4 is 15.8 Å². The average molecular weight is 310 g/mol. The molecule has 0 heterocycles. The Morgan fingerprint density at radius 1 is 1.30 bits per heavy atom. The number of rotatable bonds is 4. The molecule has 0 aromatic heterocycles. The van der Waals surface area contributed by atoms with E-state index in [1.54, 1.807) is 7.11 Å². The zero-order valence-corrected chi connectivity index (χ0v) is 13.5. The lowest BCUT2D eigenvalue weighted by atomic mass is 10.1. The molecule has 2 aromatic carbocycles. The van der Waals surface area contributed by atoms with Crippen LogP contribution in [-0.4, -0.2) is 19.1 Å². The number of carbonyl (C=O) groups is 1. The Labute approximate surface area is 136 Å². The first-order valence-electron chi connectivity index (χ1n) is 7.84. The number of methoxy groups -OCH3 is 1. The molecule has 2 aromatic rings. The van der Waals surface area contributed by atoms with Gasteiger partial charge in [0.25, 0.3) is 0 Å². The topological polar surface area (TPSA) is 64.3 Å². The van der Waals surface area contributed by atoms with Crippen LogP contribution in [0.2, 0.25) is 0 Å². The van der Waals surface area contributed by atoms with Gasteiger partial charge in [0.15, 0.2) is 0 Å². The molecule has 0 bridgehead atoms. The van der Waals surface area contributed by atoms with Gasteiger partial charge >= 0.3 is 0 Å². The van der Waals surface area contributed by atoms with Gasteiger partial charge in [-0.1, -0.05) is 42.0 Å². The minimum atomic E-state index is -0.144. The van der Waals surface area contributed by atoms with Gasteiger partial charge in [-0.15, -0.1) is 0 Å². The van der Waals surface area contributed by atoms with E-state index in [1.165, 1.54) is 5.56 Å². The number of nitrogens with two attached hydrogens (primary N) is 1. The first kappa shape index (κ1) is 15.6. The summed E-state index contributed by atoms with van der Waals surface area (Å²) in [6, 6.07) is 13.8. The summed E-state index contributed by atoms with van der Waals surface area (Å²) in [4.78, 5) is 12.4. The Kier molecular flexibility index (Phi) is 4.35. The van der Waals surface area contributed by atoms with E-state index in [4.69, 9.17) is 10.5 Å². The van der Waals surface area contributed by atoms with E-state index < -0.39 is 0 Å². The molecule has 0 unspecified atom stereocenters. The molecule has 0 spiro atoms. The molecule has 4 nitrogen and oxygen atoms in total. The summed E-state index contributed by atoms with van der Waals surface area (Å²) < 4.78 is 5.34. The summed E-state index contributed by atoms with van der Waals surface area (Å²) in [7, 11) is 1.62. The predicted octanol–water partition coefficient (Wildman–Crippen LogP) is 2.29. The Morgan fingerprint density at radius 2 is 2.09 bits per heavy atom. The predicted molar refractivity (Wildman–Crippen MR) is 90.4 cm³/mol. The number of benzene rings is 2. The van der Waals surface area contributed by atoms with Crippen LogP contribution in [0.1, 0.15) is 28.3 Å². The van der Waals surface area contributed by atoms with Crippen LogP contribution in [0.4, 0.5) is 0 Å². The first-order chi connectivity index (χ1) is 11.1. The van der Waals surface area contributed by atoms with Gasteiger partial charge in [0.1, 0.15) is 5.75 Å². The second-order valence-electron chi connectivity index (χ2n) is 6.09. The van der Waals surface area contributed by atoms with Gasteiger partial charge in [-0.2, -0.15) is 0 Å². The number of ether oxygens (including phenoxy) is 1. The third kappa shape index (κ3) is 3.22. The highest BCUT2D eigenvalue weighted by Gasteiger charge is 2.30. The van der Waals surface area contributed by atoms with Gasteiger partial charge in [0.05, 0.1) is 25.6 Å². The molecule has 0 aliphatic heterocycles. The first-order valence-corrected chi connectivity index (χ1v) is 7.84. The Bertz CT molecular complexity index is 727. The second kappa shape index (κ2) is 6.42. The molecular formula is C19H22N2O2. The third-order valence-corrected chi connectivity index (χ3v) is 4.42. The van der Waals surface area contributed by atoms with Gasteiger partial charge in [-0.25, -0.2) is 0 Å². The lowest BCUT2D eigenvalue weighted by molar-refractivity contribution is -0.121. The highest BCUT2D eigenvalue weighted by Crippen LogP contribution is 2.29. The monoisotopic (exact) mass is 310 g/mol. The zero-order chi connectivity index (χ0) is 16.4.